The Balaban J connectivity index is 1.75. The lowest BCUT2D eigenvalue weighted by Gasteiger charge is -1.98. The predicted octanol–water partition coefficient (Wildman–Crippen LogP) is 4.85. The maximum Gasteiger partial charge on any atom is 0.101 e. The first-order chi connectivity index (χ1) is 11.3. The summed E-state index contributed by atoms with van der Waals surface area (Å²) in [5.41, 5.74) is 8.00. The fourth-order valence-electron chi connectivity index (χ4n) is 2.91. The van der Waals surface area contributed by atoms with E-state index >= 15 is 0 Å². The van der Waals surface area contributed by atoms with Crippen LogP contribution in [0.5, 0.6) is 0 Å². The third kappa shape index (κ3) is 2.49. The molecule has 2 heteroatoms. The maximum atomic E-state index is 4.51. The highest BCUT2D eigenvalue weighted by atomic mass is 15.2. The molecule has 0 aromatic heterocycles. The molecule has 2 nitrogen and oxygen atoms in total. The Hall–Kier alpha value is -3.00. The minimum absolute atomic E-state index is 0.944. The Morgan fingerprint density at radius 2 is 1.17 bits per heavy atom. The lowest BCUT2D eigenvalue weighted by atomic mass is 10.1. The number of nitrogens with zero attached hydrogens (tertiary/aromatic N) is 2. The van der Waals surface area contributed by atoms with Crippen LogP contribution in [0, 0.1) is 6.92 Å². The Bertz CT molecular complexity index is 871. The third-order valence-corrected chi connectivity index (χ3v) is 4.10. The molecule has 110 valence electrons. The number of benzene rings is 3. The molecule has 3 aromatic carbocycles. The van der Waals surface area contributed by atoms with Gasteiger partial charge in [0.1, 0.15) is 5.71 Å². The zero-order valence-corrected chi connectivity index (χ0v) is 12.9. The average Bonchev–Trinajstić information content (AvgIpc) is 2.91. The summed E-state index contributed by atoms with van der Waals surface area (Å²) in [5.74, 6) is 0. The summed E-state index contributed by atoms with van der Waals surface area (Å²) < 4.78 is 0. The molecular formula is C21H16N2. The Morgan fingerprint density at radius 3 is 1.74 bits per heavy atom. The van der Waals surface area contributed by atoms with E-state index in [1.165, 1.54) is 16.7 Å². The van der Waals surface area contributed by atoms with Crippen LogP contribution in [0.25, 0.3) is 11.1 Å². The van der Waals surface area contributed by atoms with Gasteiger partial charge < -0.3 is 0 Å². The summed E-state index contributed by atoms with van der Waals surface area (Å²) in [6.07, 6.45) is 1.80. The van der Waals surface area contributed by atoms with Crippen LogP contribution in [-0.4, -0.2) is 11.9 Å². The van der Waals surface area contributed by atoms with Crippen molar-refractivity contribution >= 4 is 11.9 Å². The van der Waals surface area contributed by atoms with E-state index in [1.54, 1.807) is 6.21 Å². The van der Waals surface area contributed by atoms with Gasteiger partial charge >= 0.3 is 0 Å². The van der Waals surface area contributed by atoms with E-state index in [1.807, 2.05) is 12.1 Å². The van der Waals surface area contributed by atoms with Crippen LogP contribution in [0.1, 0.15) is 22.3 Å². The summed E-state index contributed by atoms with van der Waals surface area (Å²) in [7, 11) is 0. The number of rotatable bonds is 2. The molecule has 23 heavy (non-hydrogen) atoms. The molecular weight excluding hydrogens is 280 g/mol. The molecule has 4 rings (SSSR count). The van der Waals surface area contributed by atoms with Crippen LogP contribution in [0.4, 0.5) is 0 Å². The number of aryl methyl sites for hydroxylation is 1. The van der Waals surface area contributed by atoms with Crippen LogP contribution in [0.2, 0.25) is 0 Å². The molecule has 0 aliphatic heterocycles. The highest BCUT2D eigenvalue weighted by molar-refractivity contribution is 6.24. The molecule has 0 spiro atoms. The normalized spacial score (nSPS) is 12.3. The number of hydrogen-bond acceptors (Lipinski definition) is 2. The lowest BCUT2D eigenvalue weighted by molar-refractivity contribution is 1.25. The molecule has 0 radical (unpaired) electrons. The summed E-state index contributed by atoms with van der Waals surface area (Å²) in [6.45, 7) is 2.08. The molecule has 0 atom stereocenters. The lowest BCUT2D eigenvalue weighted by Crippen LogP contribution is -1.97. The second kappa shape index (κ2) is 5.65. The second-order valence-electron chi connectivity index (χ2n) is 5.70. The first kappa shape index (κ1) is 13.6. The standard InChI is InChI=1S/C21H16N2/c1-15-10-12-16(13-11-15)14-22-23-21-19-8-4-2-6-17(19)18-7-3-5-9-20(18)21/h2-14H,1H3. The largest absolute Gasteiger partial charge is 0.158 e. The predicted molar refractivity (Wildman–Crippen MR) is 96.3 cm³/mol. The topological polar surface area (TPSA) is 24.7 Å². The van der Waals surface area contributed by atoms with Gasteiger partial charge in [0.05, 0.1) is 6.21 Å². The Kier molecular flexibility index (Phi) is 3.35. The van der Waals surface area contributed by atoms with E-state index in [9.17, 15) is 0 Å². The van der Waals surface area contributed by atoms with Gasteiger partial charge in [0.15, 0.2) is 0 Å². The molecule has 0 bridgehead atoms. The van der Waals surface area contributed by atoms with E-state index < -0.39 is 0 Å². The molecule has 0 amide bonds. The van der Waals surface area contributed by atoms with Gasteiger partial charge in [0, 0.05) is 11.1 Å². The Labute approximate surface area is 135 Å². The van der Waals surface area contributed by atoms with Gasteiger partial charge in [0.25, 0.3) is 0 Å². The quantitative estimate of drug-likeness (QED) is 0.373. The van der Waals surface area contributed by atoms with Crippen molar-refractivity contribution in [1.29, 1.82) is 0 Å². The fourth-order valence-corrected chi connectivity index (χ4v) is 2.91. The molecule has 3 aromatic rings. The van der Waals surface area contributed by atoms with Crippen molar-refractivity contribution < 1.29 is 0 Å². The van der Waals surface area contributed by atoms with Gasteiger partial charge in [-0.3, -0.25) is 0 Å². The van der Waals surface area contributed by atoms with E-state index in [0.717, 1.165) is 22.4 Å². The summed E-state index contributed by atoms with van der Waals surface area (Å²) in [4.78, 5) is 0. The summed E-state index contributed by atoms with van der Waals surface area (Å²) in [5, 5.41) is 8.82. The summed E-state index contributed by atoms with van der Waals surface area (Å²) >= 11 is 0. The highest BCUT2D eigenvalue weighted by Gasteiger charge is 2.23. The van der Waals surface area contributed by atoms with Crippen LogP contribution < -0.4 is 0 Å². The monoisotopic (exact) mass is 296 g/mol. The molecule has 0 N–H and O–H groups in total. The molecule has 0 saturated heterocycles. The minimum atomic E-state index is 0.944. The molecule has 1 aliphatic carbocycles. The van der Waals surface area contributed by atoms with Crippen LogP contribution in [-0.2, 0) is 0 Å². The third-order valence-electron chi connectivity index (χ3n) is 4.10. The van der Waals surface area contributed by atoms with Crippen molar-refractivity contribution in [3.05, 3.63) is 95.1 Å². The van der Waals surface area contributed by atoms with E-state index in [0.29, 0.717) is 0 Å². The van der Waals surface area contributed by atoms with Crippen molar-refractivity contribution in [3.63, 3.8) is 0 Å². The minimum Gasteiger partial charge on any atom is -0.158 e. The van der Waals surface area contributed by atoms with Gasteiger partial charge in [-0.1, -0.05) is 78.4 Å². The van der Waals surface area contributed by atoms with Gasteiger partial charge in [-0.05, 0) is 23.6 Å². The first-order valence-electron chi connectivity index (χ1n) is 7.70. The zero-order valence-electron chi connectivity index (χ0n) is 12.9. The molecule has 0 saturated carbocycles. The highest BCUT2D eigenvalue weighted by Crippen LogP contribution is 2.36. The average molecular weight is 296 g/mol. The van der Waals surface area contributed by atoms with E-state index in [4.69, 9.17) is 0 Å². The SMILES string of the molecule is Cc1ccc(C=NN=C2c3ccccc3-c3ccccc32)cc1. The number of hydrogen-bond donors (Lipinski definition) is 0. The first-order valence-corrected chi connectivity index (χ1v) is 7.70. The van der Waals surface area contributed by atoms with Gasteiger partial charge in [0.2, 0.25) is 0 Å². The maximum absolute atomic E-state index is 4.51. The fraction of sp³-hybridized carbons (Fsp3) is 0.0476. The number of fused-ring (bicyclic) bond motifs is 3. The molecule has 0 fully saturated rings. The van der Waals surface area contributed by atoms with E-state index in [2.05, 4.69) is 77.8 Å². The van der Waals surface area contributed by atoms with Crippen molar-refractivity contribution in [2.24, 2.45) is 10.2 Å². The van der Waals surface area contributed by atoms with Crippen molar-refractivity contribution in [1.82, 2.24) is 0 Å². The van der Waals surface area contributed by atoms with Gasteiger partial charge in [-0.25, -0.2) is 0 Å². The van der Waals surface area contributed by atoms with Crippen LogP contribution in [0.3, 0.4) is 0 Å². The van der Waals surface area contributed by atoms with Gasteiger partial charge in [-0.2, -0.15) is 5.10 Å². The van der Waals surface area contributed by atoms with Crippen LogP contribution >= 0.6 is 0 Å². The molecule has 0 heterocycles. The zero-order chi connectivity index (χ0) is 15.6. The molecule has 1 aliphatic rings. The Morgan fingerprint density at radius 1 is 0.652 bits per heavy atom. The smallest absolute Gasteiger partial charge is 0.101 e. The van der Waals surface area contributed by atoms with Crippen LogP contribution in [0.15, 0.2) is 83.0 Å². The van der Waals surface area contributed by atoms with Crippen molar-refractivity contribution in [2.75, 3.05) is 0 Å². The van der Waals surface area contributed by atoms with Crippen molar-refractivity contribution in [3.8, 4) is 11.1 Å². The van der Waals surface area contributed by atoms with Crippen molar-refractivity contribution in [2.45, 2.75) is 6.92 Å². The molecule has 0 unspecified atom stereocenters. The summed E-state index contributed by atoms with van der Waals surface area (Å²) in [6, 6.07) is 25.0. The van der Waals surface area contributed by atoms with E-state index in [-0.39, 0.29) is 0 Å². The second-order valence-corrected chi connectivity index (χ2v) is 5.70. The van der Waals surface area contributed by atoms with Gasteiger partial charge in [-0.15, -0.1) is 5.10 Å².